The normalized spacial score (nSPS) is 11.4. The summed E-state index contributed by atoms with van der Waals surface area (Å²) in [5.74, 6) is 0.858. The molecule has 3 rings (SSSR count). The van der Waals surface area contributed by atoms with E-state index in [4.69, 9.17) is 4.74 Å². The fourth-order valence-corrected chi connectivity index (χ4v) is 3.67. The van der Waals surface area contributed by atoms with E-state index in [1.807, 2.05) is 42.5 Å². The average Bonchev–Trinajstić information content (AvgIpc) is 3.15. The van der Waals surface area contributed by atoms with Gasteiger partial charge in [-0.1, -0.05) is 51.1 Å². The molecule has 0 N–H and O–H groups in total. The second kappa shape index (κ2) is 7.46. The summed E-state index contributed by atoms with van der Waals surface area (Å²) in [6.07, 6.45) is 0.331. The number of carbonyl (C=O) groups is 1. The lowest BCUT2D eigenvalue weighted by Gasteiger charge is -2.19. The fourth-order valence-electron chi connectivity index (χ4n) is 2.94. The van der Waals surface area contributed by atoms with Crippen LogP contribution in [0, 0.1) is 0 Å². The Morgan fingerprint density at radius 3 is 2.35 bits per heavy atom. The quantitative estimate of drug-likeness (QED) is 0.508. The van der Waals surface area contributed by atoms with E-state index in [-0.39, 0.29) is 11.2 Å². The lowest BCUT2D eigenvalue weighted by atomic mass is 9.86. The molecule has 0 radical (unpaired) electrons. The van der Waals surface area contributed by atoms with E-state index in [1.54, 1.807) is 18.4 Å². The summed E-state index contributed by atoms with van der Waals surface area (Å²) in [5.41, 5.74) is 4.09. The van der Waals surface area contributed by atoms with Gasteiger partial charge in [-0.15, -0.1) is 11.3 Å². The number of rotatable bonds is 5. The fraction of sp³-hybridized carbons (Fsp3) is 0.261. The topological polar surface area (TPSA) is 26.3 Å². The Balaban J connectivity index is 1.85. The first-order chi connectivity index (χ1) is 12.4. The molecule has 0 aliphatic heterocycles. The summed E-state index contributed by atoms with van der Waals surface area (Å²) in [7, 11) is 1.65. The van der Waals surface area contributed by atoms with Crippen LogP contribution in [0.1, 0.15) is 42.3 Å². The van der Waals surface area contributed by atoms with Crippen LogP contribution >= 0.6 is 11.3 Å². The summed E-state index contributed by atoms with van der Waals surface area (Å²) in [4.78, 5) is 14.0. The summed E-state index contributed by atoms with van der Waals surface area (Å²) >= 11 is 1.69. The summed E-state index contributed by atoms with van der Waals surface area (Å²) in [5, 5.41) is 2.06. The Hall–Kier alpha value is -2.39. The molecule has 3 aromatic rings. The third-order valence-corrected chi connectivity index (χ3v) is 5.43. The van der Waals surface area contributed by atoms with E-state index in [1.165, 1.54) is 10.4 Å². The smallest absolute Gasteiger partial charge is 0.167 e. The SMILES string of the molecule is COc1ccc(-c2cccs2)cc1CC(=O)c1ccc(C(C)(C)C)cc1. The van der Waals surface area contributed by atoms with E-state index in [0.717, 1.165) is 22.4 Å². The third kappa shape index (κ3) is 4.05. The van der Waals surface area contributed by atoms with E-state index >= 15 is 0 Å². The number of ketones is 1. The highest BCUT2D eigenvalue weighted by Crippen LogP contribution is 2.30. The number of benzene rings is 2. The molecule has 0 saturated heterocycles. The minimum absolute atomic E-state index is 0.0832. The van der Waals surface area contributed by atoms with Crippen LogP contribution in [0.2, 0.25) is 0 Å². The number of hydrogen-bond acceptors (Lipinski definition) is 3. The first-order valence-corrected chi connectivity index (χ1v) is 9.61. The molecule has 1 heterocycles. The maximum atomic E-state index is 12.8. The molecule has 0 amide bonds. The molecular weight excluding hydrogens is 340 g/mol. The molecule has 0 aliphatic carbocycles. The molecule has 0 saturated carbocycles. The number of hydrogen-bond donors (Lipinski definition) is 0. The minimum atomic E-state index is 0.0832. The van der Waals surface area contributed by atoms with Crippen LogP contribution in [0.15, 0.2) is 60.0 Å². The number of carbonyl (C=O) groups excluding carboxylic acids is 1. The predicted molar refractivity (Wildman–Crippen MR) is 109 cm³/mol. The second-order valence-electron chi connectivity index (χ2n) is 7.43. The first kappa shape index (κ1) is 18.4. The Kier molecular flexibility index (Phi) is 5.28. The predicted octanol–water partition coefficient (Wildman–Crippen LogP) is 6.15. The lowest BCUT2D eigenvalue weighted by Crippen LogP contribution is -2.11. The van der Waals surface area contributed by atoms with Crippen LogP contribution < -0.4 is 4.74 Å². The van der Waals surface area contributed by atoms with E-state index in [0.29, 0.717) is 6.42 Å². The molecule has 26 heavy (non-hydrogen) atoms. The van der Waals surface area contributed by atoms with Gasteiger partial charge < -0.3 is 4.74 Å². The highest BCUT2D eigenvalue weighted by Gasteiger charge is 2.16. The van der Waals surface area contributed by atoms with Crippen molar-refractivity contribution in [2.75, 3.05) is 7.11 Å². The van der Waals surface area contributed by atoms with Crippen molar-refractivity contribution in [2.45, 2.75) is 32.6 Å². The van der Waals surface area contributed by atoms with Crippen molar-refractivity contribution >= 4 is 17.1 Å². The van der Waals surface area contributed by atoms with Crippen molar-refractivity contribution in [3.8, 4) is 16.2 Å². The van der Waals surface area contributed by atoms with Crippen molar-refractivity contribution < 1.29 is 9.53 Å². The van der Waals surface area contributed by atoms with Crippen LogP contribution in [-0.4, -0.2) is 12.9 Å². The van der Waals surface area contributed by atoms with Crippen molar-refractivity contribution in [1.29, 1.82) is 0 Å². The lowest BCUT2D eigenvalue weighted by molar-refractivity contribution is 0.0992. The zero-order valence-electron chi connectivity index (χ0n) is 15.7. The average molecular weight is 365 g/mol. The van der Waals surface area contributed by atoms with Crippen molar-refractivity contribution in [3.63, 3.8) is 0 Å². The summed E-state index contributed by atoms with van der Waals surface area (Å²) < 4.78 is 5.47. The van der Waals surface area contributed by atoms with Crippen LogP contribution in [0.4, 0.5) is 0 Å². The Morgan fingerprint density at radius 2 is 1.77 bits per heavy atom. The molecule has 2 aromatic carbocycles. The molecular formula is C23H24O2S. The molecule has 1 aromatic heterocycles. The van der Waals surface area contributed by atoms with E-state index in [2.05, 4.69) is 38.3 Å². The van der Waals surface area contributed by atoms with Crippen LogP contribution in [0.3, 0.4) is 0 Å². The zero-order valence-corrected chi connectivity index (χ0v) is 16.5. The van der Waals surface area contributed by atoms with Gasteiger partial charge in [-0.2, -0.15) is 0 Å². The molecule has 0 spiro atoms. The molecule has 2 nitrogen and oxygen atoms in total. The second-order valence-corrected chi connectivity index (χ2v) is 8.38. The number of thiophene rings is 1. The van der Waals surface area contributed by atoms with Gasteiger partial charge in [0.15, 0.2) is 5.78 Å². The monoisotopic (exact) mass is 364 g/mol. The van der Waals surface area contributed by atoms with Crippen molar-refractivity contribution in [1.82, 2.24) is 0 Å². The Bertz CT molecular complexity index is 885. The van der Waals surface area contributed by atoms with E-state index < -0.39 is 0 Å². The standard InChI is InChI=1S/C23H24O2S/c1-23(2,3)19-10-7-16(8-11-19)20(24)15-18-14-17(9-12-21(18)25-4)22-6-5-13-26-22/h5-14H,15H2,1-4H3. The Labute approximate surface area is 159 Å². The van der Waals surface area contributed by atoms with Crippen molar-refractivity contribution in [3.05, 3.63) is 76.7 Å². The van der Waals surface area contributed by atoms with Gasteiger partial charge in [0.25, 0.3) is 0 Å². The number of Topliss-reactive ketones (excluding diaryl/α,β-unsaturated/α-hetero) is 1. The summed E-state index contributed by atoms with van der Waals surface area (Å²) in [6, 6.07) is 18.1. The highest BCUT2D eigenvalue weighted by molar-refractivity contribution is 7.13. The molecule has 134 valence electrons. The minimum Gasteiger partial charge on any atom is -0.496 e. The zero-order chi connectivity index (χ0) is 18.7. The van der Waals surface area contributed by atoms with Gasteiger partial charge >= 0.3 is 0 Å². The molecule has 0 aliphatic rings. The van der Waals surface area contributed by atoms with Gasteiger partial charge in [-0.05, 0) is 46.2 Å². The molecule has 0 unspecified atom stereocenters. The molecule has 0 bridgehead atoms. The van der Waals surface area contributed by atoms with Gasteiger partial charge in [0.2, 0.25) is 0 Å². The van der Waals surface area contributed by atoms with Crippen LogP contribution in [0.25, 0.3) is 10.4 Å². The first-order valence-electron chi connectivity index (χ1n) is 8.73. The third-order valence-electron chi connectivity index (χ3n) is 4.51. The van der Waals surface area contributed by atoms with Gasteiger partial charge in [-0.25, -0.2) is 0 Å². The van der Waals surface area contributed by atoms with Gasteiger partial charge in [0.1, 0.15) is 5.75 Å². The Morgan fingerprint density at radius 1 is 1.04 bits per heavy atom. The van der Waals surface area contributed by atoms with E-state index in [9.17, 15) is 4.79 Å². The largest absolute Gasteiger partial charge is 0.496 e. The molecule has 0 fully saturated rings. The maximum absolute atomic E-state index is 12.8. The van der Waals surface area contributed by atoms with Crippen LogP contribution in [0.5, 0.6) is 5.75 Å². The molecule has 0 atom stereocenters. The molecule has 3 heteroatoms. The van der Waals surface area contributed by atoms with Gasteiger partial charge in [0.05, 0.1) is 7.11 Å². The van der Waals surface area contributed by atoms with Gasteiger partial charge in [-0.3, -0.25) is 4.79 Å². The summed E-state index contributed by atoms with van der Waals surface area (Å²) in [6.45, 7) is 6.51. The van der Waals surface area contributed by atoms with Crippen molar-refractivity contribution in [2.24, 2.45) is 0 Å². The highest BCUT2D eigenvalue weighted by atomic mass is 32.1. The van der Waals surface area contributed by atoms with Gasteiger partial charge in [0, 0.05) is 22.4 Å². The van der Waals surface area contributed by atoms with Crippen LogP contribution in [-0.2, 0) is 11.8 Å². The number of ether oxygens (including phenoxy) is 1. The number of methoxy groups -OCH3 is 1. The maximum Gasteiger partial charge on any atom is 0.167 e.